The van der Waals surface area contributed by atoms with E-state index in [0.29, 0.717) is 0 Å². The van der Waals surface area contributed by atoms with Crippen LogP contribution in [0.5, 0.6) is 0 Å². The van der Waals surface area contributed by atoms with E-state index in [2.05, 4.69) is 28.9 Å². The molecule has 1 aromatic rings. The highest BCUT2D eigenvalue weighted by molar-refractivity contribution is 9.10. The van der Waals surface area contributed by atoms with Crippen molar-refractivity contribution in [3.8, 4) is 0 Å². The minimum atomic E-state index is -0.0300. The van der Waals surface area contributed by atoms with Gasteiger partial charge in [0.15, 0.2) is 0 Å². The Morgan fingerprint density at radius 2 is 2.08 bits per heavy atom. The van der Waals surface area contributed by atoms with E-state index in [1.807, 2.05) is 11.3 Å². The highest BCUT2D eigenvalue weighted by atomic mass is 79.9. The Bertz CT molecular complexity index is 313. The molecule has 0 aliphatic heterocycles. The third kappa shape index (κ3) is 1.69. The molecule has 0 saturated heterocycles. The van der Waals surface area contributed by atoms with E-state index in [4.69, 9.17) is 5.73 Å². The molecule has 0 aromatic carbocycles. The minimum absolute atomic E-state index is 0.0300. The molecule has 3 heteroatoms. The van der Waals surface area contributed by atoms with Crippen molar-refractivity contribution < 1.29 is 0 Å². The van der Waals surface area contributed by atoms with Crippen molar-refractivity contribution in [1.29, 1.82) is 0 Å². The molecule has 72 valence electrons. The van der Waals surface area contributed by atoms with E-state index in [0.717, 1.165) is 12.8 Å². The van der Waals surface area contributed by atoms with Crippen LogP contribution in [-0.4, -0.2) is 0 Å². The van der Waals surface area contributed by atoms with Crippen LogP contribution in [0.4, 0.5) is 0 Å². The summed E-state index contributed by atoms with van der Waals surface area (Å²) in [7, 11) is 0. The summed E-state index contributed by atoms with van der Waals surface area (Å²) in [5, 5.41) is 0. The molecule has 2 rings (SSSR count). The lowest BCUT2D eigenvalue weighted by molar-refractivity contribution is 0.470. The largest absolute Gasteiger partial charge is 0.321 e. The number of hydrogen-bond acceptors (Lipinski definition) is 2. The first-order chi connectivity index (χ1) is 6.12. The molecule has 1 aromatic heterocycles. The summed E-state index contributed by atoms with van der Waals surface area (Å²) < 4.78 is 1.21. The lowest BCUT2D eigenvalue weighted by atomic mass is 9.97. The molecule has 1 fully saturated rings. The Hall–Kier alpha value is 0.140. The first kappa shape index (κ1) is 9.69. The van der Waals surface area contributed by atoms with Crippen LogP contribution in [0.2, 0.25) is 0 Å². The van der Waals surface area contributed by atoms with Crippen molar-refractivity contribution in [3.63, 3.8) is 0 Å². The Morgan fingerprint density at radius 3 is 2.54 bits per heavy atom. The van der Waals surface area contributed by atoms with E-state index in [-0.39, 0.29) is 5.54 Å². The van der Waals surface area contributed by atoms with Gasteiger partial charge in [-0.15, -0.1) is 11.3 Å². The molecule has 0 bridgehead atoms. The smallest absolute Gasteiger partial charge is 0.0515 e. The summed E-state index contributed by atoms with van der Waals surface area (Å²) in [6, 6.07) is 2.17. The molecule has 2 N–H and O–H groups in total. The van der Waals surface area contributed by atoms with Gasteiger partial charge in [-0.05, 0) is 41.8 Å². The number of thiophene rings is 1. The van der Waals surface area contributed by atoms with Crippen LogP contribution in [0.1, 0.15) is 35.4 Å². The number of halogens is 1. The molecular formula is C10H14BrNS. The number of aryl methyl sites for hydroxylation is 1. The lowest BCUT2D eigenvalue weighted by Crippen LogP contribution is -2.32. The zero-order valence-corrected chi connectivity index (χ0v) is 10.2. The van der Waals surface area contributed by atoms with Crippen LogP contribution >= 0.6 is 27.3 Å². The number of nitrogens with two attached hydrogens (primary N) is 1. The van der Waals surface area contributed by atoms with Crippen LogP contribution in [0.3, 0.4) is 0 Å². The predicted octanol–water partition coefficient (Wildman–Crippen LogP) is 3.55. The second-order valence-electron chi connectivity index (χ2n) is 3.90. The quantitative estimate of drug-likeness (QED) is 0.821. The van der Waals surface area contributed by atoms with Gasteiger partial charge in [-0.2, -0.15) is 0 Å². The molecular weight excluding hydrogens is 246 g/mol. The fourth-order valence-electron chi connectivity index (χ4n) is 2.06. The summed E-state index contributed by atoms with van der Waals surface area (Å²) >= 11 is 5.43. The molecule has 13 heavy (non-hydrogen) atoms. The molecule has 0 amide bonds. The first-order valence-electron chi connectivity index (χ1n) is 4.67. The molecule has 0 unspecified atom stereocenters. The molecule has 0 atom stereocenters. The Morgan fingerprint density at radius 1 is 1.46 bits per heavy atom. The summed E-state index contributed by atoms with van der Waals surface area (Å²) in [6.45, 7) is 2.14. The van der Waals surface area contributed by atoms with Crippen LogP contribution in [0.25, 0.3) is 0 Å². The van der Waals surface area contributed by atoms with Crippen LogP contribution in [0.15, 0.2) is 10.5 Å². The van der Waals surface area contributed by atoms with E-state index in [9.17, 15) is 0 Å². The summed E-state index contributed by atoms with van der Waals surface area (Å²) in [6.07, 6.45) is 4.84. The van der Waals surface area contributed by atoms with Crippen molar-refractivity contribution in [3.05, 3.63) is 20.3 Å². The van der Waals surface area contributed by atoms with Crippen molar-refractivity contribution in [2.45, 2.75) is 38.1 Å². The van der Waals surface area contributed by atoms with Gasteiger partial charge in [0.05, 0.1) is 5.54 Å². The van der Waals surface area contributed by atoms with Gasteiger partial charge < -0.3 is 5.73 Å². The first-order valence-corrected chi connectivity index (χ1v) is 6.28. The van der Waals surface area contributed by atoms with Crippen LogP contribution in [-0.2, 0) is 5.54 Å². The van der Waals surface area contributed by atoms with Crippen molar-refractivity contribution >= 4 is 27.3 Å². The average Bonchev–Trinajstić information content (AvgIpc) is 2.59. The predicted molar refractivity (Wildman–Crippen MR) is 61.1 cm³/mol. The van der Waals surface area contributed by atoms with Gasteiger partial charge in [-0.25, -0.2) is 0 Å². The SMILES string of the molecule is Cc1cc(Br)c(C2(N)CCCC2)s1. The lowest BCUT2D eigenvalue weighted by Gasteiger charge is -2.22. The van der Waals surface area contributed by atoms with Gasteiger partial charge in [0.2, 0.25) is 0 Å². The normalized spacial score (nSPS) is 20.8. The van der Waals surface area contributed by atoms with Crippen LogP contribution < -0.4 is 5.73 Å². The topological polar surface area (TPSA) is 26.0 Å². The molecule has 0 spiro atoms. The molecule has 1 nitrogen and oxygen atoms in total. The fourth-order valence-corrected chi connectivity index (χ4v) is 4.25. The summed E-state index contributed by atoms with van der Waals surface area (Å²) in [5.74, 6) is 0. The molecule has 1 aliphatic rings. The maximum absolute atomic E-state index is 6.37. The Labute approximate surface area is 91.5 Å². The van der Waals surface area contributed by atoms with Crippen molar-refractivity contribution in [1.82, 2.24) is 0 Å². The second kappa shape index (κ2) is 3.37. The van der Waals surface area contributed by atoms with Gasteiger partial charge in [0, 0.05) is 14.2 Å². The molecule has 0 radical (unpaired) electrons. The number of hydrogen-bond donors (Lipinski definition) is 1. The third-order valence-corrected chi connectivity index (χ3v) is 4.92. The van der Waals surface area contributed by atoms with E-state index >= 15 is 0 Å². The van der Waals surface area contributed by atoms with Crippen LogP contribution in [0, 0.1) is 6.92 Å². The zero-order valence-electron chi connectivity index (χ0n) is 7.77. The minimum Gasteiger partial charge on any atom is -0.321 e. The molecule has 1 aliphatic carbocycles. The summed E-state index contributed by atoms with van der Waals surface area (Å²) in [5.41, 5.74) is 6.34. The zero-order chi connectivity index (χ0) is 9.47. The maximum Gasteiger partial charge on any atom is 0.0515 e. The van der Waals surface area contributed by atoms with E-state index in [1.165, 1.54) is 27.1 Å². The Balaban J connectivity index is 2.38. The van der Waals surface area contributed by atoms with E-state index < -0.39 is 0 Å². The van der Waals surface area contributed by atoms with Gasteiger partial charge in [-0.1, -0.05) is 12.8 Å². The van der Waals surface area contributed by atoms with Crippen molar-refractivity contribution in [2.75, 3.05) is 0 Å². The monoisotopic (exact) mass is 259 g/mol. The van der Waals surface area contributed by atoms with Gasteiger partial charge >= 0.3 is 0 Å². The Kier molecular flexibility index (Phi) is 2.51. The van der Waals surface area contributed by atoms with E-state index in [1.54, 1.807) is 0 Å². The third-order valence-electron chi connectivity index (χ3n) is 2.76. The molecule has 1 saturated carbocycles. The van der Waals surface area contributed by atoms with Crippen molar-refractivity contribution in [2.24, 2.45) is 5.73 Å². The van der Waals surface area contributed by atoms with Gasteiger partial charge in [-0.3, -0.25) is 0 Å². The second-order valence-corrected chi connectivity index (χ2v) is 6.01. The van der Waals surface area contributed by atoms with Gasteiger partial charge in [0.1, 0.15) is 0 Å². The molecule has 1 heterocycles. The number of rotatable bonds is 1. The van der Waals surface area contributed by atoms with Gasteiger partial charge in [0.25, 0.3) is 0 Å². The average molecular weight is 260 g/mol. The fraction of sp³-hybridized carbons (Fsp3) is 0.600. The summed E-state index contributed by atoms with van der Waals surface area (Å²) in [4.78, 5) is 2.70. The maximum atomic E-state index is 6.37. The highest BCUT2D eigenvalue weighted by Crippen LogP contribution is 2.43. The highest BCUT2D eigenvalue weighted by Gasteiger charge is 2.34. The standard InChI is InChI=1S/C10H14BrNS/c1-7-6-8(11)9(13-7)10(12)4-2-3-5-10/h6H,2-5,12H2,1H3.